The van der Waals surface area contributed by atoms with Gasteiger partial charge in [0, 0.05) is 32.2 Å². The molecule has 1 aliphatic carbocycles. The van der Waals surface area contributed by atoms with Crippen LogP contribution in [-0.4, -0.2) is 82.2 Å². The minimum absolute atomic E-state index is 0.0256. The van der Waals surface area contributed by atoms with Crippen LogP contribution in [0.1, 0.15) is 18.4 Å². The number of alkyl halides is 3. The van der Waals surface area contributed by atoms with Crippen LogP contribution >= 0.6 is 0 Å². The van der Waals surface area contributed by atoms with E-state index in [-0.39, 0.29) is 30.8 Å². The van der Waals surface area contributed by atoms with E-state index in [9.17, 15) is 26.7 Å². The predicted molar refractivity (Wildman–Crippen MR) is 123 cm³/mol. The van der Waals surface area contributed by atoms with Crippen LogP contribution in [0, 0.1) is 0 Å². The summed E-state index contributed by atoms with van der Waals surface area (Å²) >= 11 is 0. The van der Waals surface area contributed by atoms with E-state index in [1.54, 1.807) is 0 Å². The van der Waals surface area contributed by atoms with Gasteiger partial charge in [-0.1, -0.05) is 6.07 Å². The van der Waals surface area contributed by atoms with E-state index in [4.69, 9.17) is 0 Å². The van der Waals surface area contributed by atoms with E-state index in [2.05, 4.69) is 20.4 Å². The Morgan fingerprint density at radius 3 is 2.46 bits per heavy atom. The number of aromatic nitrogens is 4. The molecule has 0 radical (unpaired) electrons. The SMILES string of the molecule is CS(=O)(=O)N1CCN(c2nc(NC3CC(O)C3)nc3c2cnn3-c2cccc(C(F)(F)F)c2)CC1. The molecule has 0 bridgehead atoms. The molecular formula is C21H24F3N7O3S. The molecule has 1 aliphatic heterocycles. The van der Waals surface area contributed by atoms with Crippen molar-refractivity contribution in [2.45, 2.75) is 31.2 Å². The lowest BCUT2D eigenvalue weighted by Gasteiger charge is -2.35. The molecular weight excluding hydrogens is 487 g/mol. The molecule has 14 heteroatoms. The molecule has 3 heterocycles. The Hall–Kier alpha value is -2.97. The van der Waals surface area contributed by atoms with Crippen LogP contribution in [0.2, 0.25) is 0 Å². The maximum Gasteiger partial charge on any atom is 0.416 e. The molecule has 2 fully saturated rings. The summed E-state index contributed by atoms with van der Waals surface area (Å²) in [5, 5.41) is 17.6. The van der Waals surface area contributed by atoms with Crippen LogP contribution in [0.4, 0.5) is 24.9 Å². The second-order valence-corrected chi connectivity index (χ2v) is 10.8. The maximum atomic E-state index is 13.3. The first-order chi connectivity index (χ1) is 16.5. The van der Waals surface area contributed by atoms with Gasteiger partial charge in [0.15, 0.2) is 5.65 Å². The van der Waals surface area contributed by atoms with Gasteiger partial charge >= 0.3 is 6.18 Å². The summed E-state index contributed by atoms with van der Waals surface area (Å²) in [7, 11) is -3.32. The fourth-order valence-corrected chi connectivity index (χ4v) is 5.15. The molecule has 5 rings (SSSR count). The number of halogens is 3. The van der Waals surface area contributed by atoms with Gasteiger partial charge in [-0.2, -0.15) is 32.5 Å². The number of aliphatic hydroxyl groups excluding tert-OH is 1. The number of sulfonamides is 1. The summed E-state index contributed by atoms with van der Waals surface area (Å²) in [5.41, 5.74) is -0.278. The van der Waals surface area contributed by atoms with Gasteiger partial charge in [0.05, 0.1) is 35.2 Å². The van der Waals surface area contributed by atoms with Gasteiger partial charge in [-0.3, -0.25) is 0 Å². The first-order valence-electron chi connectivity index (χ1n) is 11.1. The van der Waals surface area contributed by atoms with Crippen molar-refractivity contribution in [2.24, 2.45) is 0 Å². The number of hydrogen-bond donors (Lipinski definition) is 2. The first-order valence-corrected chi connectivity index (χ1v) is 12.9. The monoisotopic (exact) mass is 511 g/mol. The fraction of sp³-hybridized carbons (Fsp3) is 0.476. The van der Waals surface area contributed by atoms with Crippen LogP contribution in [0.5, 0.6) is 0 Å². The van der Waals surface area contributed by atoms with Crippen molar-refractivity contribution in [3.05, 3.63) is 36.0 Å². The van der Waals surface area contributed by atoms with Crippen LogP contribution in [0.3, 0.4) is 0 Å². The minimum Gasteiger partial charge on any atom is -0.393 e. The molecule has 188 valence electrons. The zero-order chi connectivity index (χ0) is 25.0. The quantitative estimate of drug-likeness (QED) is 0.533. The molecule has 3 aromatic rings. The van der Waals surface area contributed by atoms with Gasteiger partial charge in [0.1, 0.15) is 5.82 Å². The van der Waals surface area contributed by atoms with Crippen LogP contribution in [0.15, 0.2) is 30.5 Å². The van der Waals surface area contributed by atoms with E-state index in [0.29, 0.717) is 42.8 Å². The second-order valence-electron chi connectivity index (χ2n) is 8.83. The zero-order valence-electron chi connectivity index (χ0n) is 18.8. The topological polar surface area (TPSA) is 116 Å². The Bertz CT molecular complexity index is 1350. The summed E-state index contributed by atoms with van der Waals surface area (Å²) < 4.78 is 66.4. The number of anilines is 2. The molecule has 1 saturated heterocycles. The fourth-order valence-electron chi connectivity index (χ4n) is 4.32. The van der Waals surface area contributed by atoms with E-state index >= 15 is 0 Å². The first kappa shape index (κ1) is 23.8. The Balaban J connectivity index is 1.55. The van der Waals surface area contributed by atoms with Gasteiger partial charge < -0.3 is 15.3 Å². The van der Waals surface area contributed by atoms with Crippen LogP contribution in [-0.2, 0) is 16.2 Å². The number of nitrogens with one attached hydrogen (secondary N) is 1. The third-order valence-electron chi connectivity index (χ3n) is 6.28. The molecule has 2 aliphatic rings. The summed E-state index contributed by atoms with van der Waals surface area (Å²) in [6, 6.07) is 4.80. The standard InChI is InChI=1S/C21H24F3N7O3S/c1-35(33,34)30-7-5-29(6-8-30)18-17-12-25-31(15-4-2-3-13(9-15)21(22,23)24)19(17)28-20(27-18)26-14-10-16(32)11-14/h2-4,9,12,14,16,32H,5-8,10-11H2,1H3,(H,26,27,28). The molecule has 10 nitrogen and oxygen atoms in total. The Kier molecular flexibility index (Phi) is 5.84. The molecule has 0 spiro atoms. The van der Waals surface area contributed by atoms with Gasteiger partial charge in [-0.25, -0.2) is 13.1 Å². The number of aliphatic hydroxyl groups is 1. The lowest BCUT2D eigenvalue weighted by Crippen LogP contribution is -2.48. The zero-order valence-corrected chi connectivity index (χ0v) is 19.6. The highest BCUT2D eigenvalue weighted by molar-refractivity contribution is 7.88. The molecule has 1 aromatic carbocycles. The van der Waals surface area contributed by atoms with Gasteiger partial charge in [0.2, 0.25) is 16.0 Å². The summed E-state index contributed by atoms with van der Waals surface area (Å²) in [6.07, 6.45) is -1.15. The third kappa shape index (κ3) is 4.77. The highest BCUT2D eigenvalue weighted by atomic mass is 32.2. The average Bonchev–Trinajstić information content (AvgIpc) is 3.20. The highest BCUT2D eigenvalue weighted by Crippen LogP contribution is 2.33. The van der Waals surface area contributed by atoms with Gasteiger partial charge in [-0.15, -0.1) is 0 Å². The molecule has 1 saturated carbocycles. The van der Waals surface area contributed by atoms with Crippen molar-refractivity contribution >= 4 is 32.8 Å². The predicted octanol–water partition coefficient (Wildman–Crippen LogP) is 1.85. The average molecular weight is 512 g/mol. The second kappa shape index (κ2) is 8.60. The Morgan fingerprint density at radius 1 is 1.11 bits per heavy atom. The van der Waals surface area contributed by atoms with Crippen molar-refractivity contribution in [1.82, 2.24) is 24.1 Å². The highest BCUT2D eigenvalue weighted by Gasteiger charge is 2.32. The molecule has 2 N–H and O–H groups in total. The van der Waals surface area contributed by atoms with Crippen molar-refractivity contribution in [3.63, 3.8) is 0 Å². The van der Waals surface area contributed by atoms with Gasteiger partial charge in [0.25, 0.3) is 0 Å². The third-order valence-corrected chi connectivity index (χ3v) is 7.58. The normalized spacial score (nSPS) is 21.8. The lowest BCUT2D eigenvalue weighted by atomic mass is 9.90. The van der Waals surface area contributed by atoms with Crippen LogP contribution in [0.25, 0.3) is 16.7 Å². The molecule has 0 amide bonds. The number of hydrogen-bond acceptors (Lipinski definition) is 8. The Morgan fingerprint density at radius 2 is 1.83 bits per heavy atom. The van der Waals surface area contributed by atoms with E-state index in [0.717, 1.165) is 12.1 Å². The number of benzene rings is 1. The van der Waals surface area contributed by atoms with E-state index in [1.807, 2.05) is 4.90 Å². The molecule has 0 atom stereocenters. The largest absolute Gasteiger partial charge is 0.416 e. The molecule has 2 aromatic heterocycles. The lowest BCUT2D eigenvalue weighted by molar-refractivity contribution is -0.137. The number of nitrogens with zero attached hydrogens (tertiary/aromatic N) is 6. The van der Waals surface area contributed by atoms with Crippen molar-refractivity contribution in [3.8, 4) is 5.69 Å². The number of fused-ring (bicyclic) bond motifs is 1. The maximum absolute atomic E-state index is 13.3. The summed E-state index contributed by atoms with van der Waals surface area (Å²) in [4.78, 5) is 11.1. The van der Waals surface area contributed by atoms with Crippen molar-refractivity contribution in [2.75, 3.05) is 42.7 Å². The number of rotatable bonds is 5. The smallest absolute Gasteiger partial charge is 0.393 e. The van der Waals surface area contributed by atoms with E-state index in [1.165, 1.54) is 33.6 Å². The van der Waals surface area contributed by atoms with Crippen molar-refractivity contribution < 1.29 is 26.7 Å². The summed E-state index contributed by atoms with van der Waals surface area (Å²) in [5.74, 6) is 0.785. The van der Waals surface area contributed by atoms with Gasteiger partial charge in [-0.05, 0) is 31.0 Å². The summed E-state index contributed by atoms with van der Waals surface area (Å²) in [6.45, 7) is 1.33. The number of piperazine rings is 1. The molecule has 0 unspecified atom stereocenters. The Labute approximate surface area is 199 Å². The minimum atomic E-state index is -4.50. The molecule has 35 heavy (non-hydrogen) atoms. The van der Waals surface area contributed by atoms with Crippen molar-refractivity contribution in [1.29, 1.82) is 0 Å². The van der Waals surface area contributed by atoms with E-state index < -0.39 is 27.9 Å². The van der Waals surface area contributed by atoms with Crippen LogP contribution < -0.4 is 10.2 Å².